The summed E-state index contributed by atoms with van der Waals surface area (Å²) in [4.78, 5) is 22.8. The fourth-order valence-corrected chi connectivity index (χ4v) is 2.97. The van der Waals surface area contributed by atoms with Crippen LogP contribution in [0.15, 0.2) is 24.3 Å². The van der Waals surface area contributed by atoms with Gasteiger partial charge in [0.05, 0.1) is 0 Å². The number of rotatable bonds is 7. The van der Waals surface area contributed by atoms with Crippen molar-refractivity contribution in [2.45, 2.75) is 63.5 Å². The second-order valence-electron chi connectivity index (χ2n) is 7.66. The Morgan fingerprint density at radius 1 is 1.16 bits per heavy atom. The van der Waals surface area contributed by atoms with Crippen molar-refractivity contribution in [3.63, 3.8) is 0 Å². The minimum absolute atomic E-state index is 0.0125. The predicted octanol–water partition coefficient (Wildman–Crippen LogP) is 3.50. The highest BCUT2D eigenvalue weighted by Gasteiger charge is 2.22. The fourth-order valence-electron chi connectivity index (χ4n) is 2.06. The molecule has 0 aliphatic rings. The number of benzene rings is 1. The maximum Gasteiger partial charge on any atom is 0.319 e. The van der Waals surface area contributed by atoms with Crippen LogP contribution in [0.4, 0.5) is 10.5 Å². The first-order valence-electron chi connectivity index (χ1n) is 8.17. The smallest absolute Gasteiger partial charge is 0.319 e. The standard InChI is InChI=1S/C18H28N2O4S/c1-17(2,3)25(24)12-13-7-6-8-14(11-13)19-16(23)20-18(4,5)10-9-15(21)22/h6-8,11H,9-10,12H2,1-5H3,(H,21,22)(H2,19,20,23). The maximum absolute atomic E-state index is 12.2. The highest BCUT2D eigenvalue weighted by Crippen LogP contribution is 2.19. The van der Waals surface area contributed by atoms with Crippen LogP contribution in [-0.4, -0.2) is 31.6 Å². The molecule has 0 fully saturated rings. The van der Waals surface area contributed by atoms with Crippen molar-refractivity contribution in [2.24, 2.45) is 0 Å². The summed E-state index contributed by atoms with van der Waals surface area (Å²) in [5.74, 6) is -0.472. The zero-order chi connectivity index (χ0) is 19.3. The van der Waals surface area contributed by atoms with E-state index >= 15 is 0 Å². The van der Waals surface area contributed by atoms with E-state index in [2.05, 4.69) is 10.6 Å². The molecule has 1 unspecified atom stereocenters. The summed E-state index contributed by atoms with van der Waals surface area (Å²) in [5, 5.41) is 14.3. The van der Waals surface area contributed by atoms with E-state index in [-0.39, 0.29) is 11.2 Å². The Labute approximate surface area is 151 Å². The topological polar surface area (TPSA) is 95.5 Å². The highest BCUT2D eigenvalue weighted by molar-refractivity contribution is 7.85. The number of aliphatic carboxylic acids is 1. The lowest BCUT2D eigenvalue weighted by atomic mass is 9.99. The summed E-state index contributed by atoms with van der Waals surface area (Å²) in [6.07, 6.45) is 0.321. The predicted molar refractivity (Wildman–Crippen MR) is 101 cm³/mol. The van der Waals surface area contributed by atoms with Gasteiger partial charge in [0.1, 0.15) is 0 Å². The third kappa shape index (κ3) is 8.16. The van der Waals surface area contributed by atoms with E-state index < -0.39 is 28.3 Å². The largest absolute Gasteiger partial charge is 0.481 e. The van der Waals surface area contributed by atoms with Gasteiger partial charge >= 0.3 is 12.0 Å². The molecule has 2 amide bonds. The molecule has 0 aromatic heterocycles. The number of nitrogens with one attached hydrogen (secondary N) is 2. The lowest BCUT2D eigenvalue weighted by Gasteiger charge is -2.25. The molecule has 1 aromatic carbocycles. The minimum Gasteiger partial charge on any atom is -0.481 e. The number of carboxylic acid groups (broad SMARTS) is 1. The molecule has 0 saturated heterocycles. The number of hydrogen-bond acceptors (Lipinski definition) is 3. The molecule has 1 aromatic rings. The zero-order valence-corrected chi connectivity index (χ0v) is 16.3. The molecule has 3 N–H and O–H groups in total. The first-order valence-corrected chi connectivity index (χ1v) is 9.49. The first-order chi connectivity index (χ1) is 11.4. The Kier molecular flexibility index (Phi) is 7.17. The van der Waals surface area contributed by atoms with Gasteiger partial charge in [-0.1, -0.05) is 12.1 Å². The van der Waals surface area contributed by atoms with Gasteiger partial charge in [-0.3, -0.25) is 9.00 Å². The number of urea groups is 1. The summed E-state index contributed by atoms with van der Waals surface area (Å²) in [5.41, 5.74) is 0.861. The van der Waals surface area contributed by atoms with Crippen LogP contribution in [-0.2, 0) is 21.3 Å². The van der Waals surface area contributed by atoms with Crippen LogP contribution in [0.3, 0.4) is 0 Å². The maximum atomic E-state index is 12.2. The van der Waals surface area contributed by atoms with Crippen LogP contribution in [0.5, 0.6) is 0 Å². The van der Waals surface area contributed by atoms with Crippen molar-refractivity contribution in [3.8, 4) is 0 Å². The monoisotopic (exact) mass is 368 g/mol. The molecule has 6 nitrogen and oxygen atoms in total. The van der Waals surface area contributed by atoms with Gasteiger partial charge in [0.15, 0.2) is 0 Å². The summed E-state index contributed by atoms with van der Waals surface area (Å²) in [6, 6.07) is 6.84. The summed E-state index contributed by atoms with van der Waals surface area (Å²) in [6.45, 7) is 9.34. The van der Waals surface area contributed by atoms with E-state index in [4.69, 9.17) is 5.11 Å². The van der Waals surface area contributed by atoms with Gasteiger partial charge in [-0.2, -0.15) is 0 Å². The van der Waals surface area contributed by atoms with Gasteiger partial charge in [0.25, 0.3) is 0 Å². The Hall–Kier alpha value is -1.89. The Bertz CT molecular complexity index is 651. The number of anilines is 1. The second kappa shape index (κ2) is 8.47. The lowest BCUT2D eigenvalue weighted by molar-refractivity contribution is -0.137. The Balaban J connectivity index is 2.67. The van der Waals surface area contributed by atoms with Crippen LogP contribution < -0.4 is 10.6 Å². The van der Waals surface area contributed by atoms with Crippen molar-refractivity contribution < 1.29 is 18.9 Å². The van der Waals surface area contributed by atoms with E-state index in [1.54, 1.807) is 32.0 Å². The molecule has 25 heavy (non-hydrogen) atoms. The van der Waals surface area contributed by atoms with Crippen LogP contribution in [0.1, 0.15) is 53.0 Å². The number of amides is 2. The number of carbonyl (C=O) groups is 2. The minimum atomic E-state index is -1.02. The summed E-state index contributed by atoms with van der Waals surface area (Å²) < 4.78 is 11.9. The van der Waals surface area contributed by atoms with Crippen LogP contribution in [0, 0.1) is 0 Å². The molecular weight excluding hydrogens is 340 g/mol. The van der Waals surface area contributed by atoms with Crippen molar-refractivity contribution in [1.82, 2.24) is 5.32 Å². The molecule has 0 heterocycles. The van der Waals surface area contributed by atoms with Crippen LogP contribution in [0.25, 0.3) is 0 Å². The SMILES string of the molecule is CC(C)(CCC(=O)O)NC(=O)Nc1cccc(CS(=O)C(C)(C)C)c1. The second-order valence-corrected chi connectivity index (χ2v) is 9.86. The quantitative estimate of drug-likeness (QED) is 0.686. The average Bonchev–Trinajstić information content (AvgIpc) is 2.44. The van der Waals surface area contributed by atoms with Gasteiger partial charge in [-0.05, 0) is 58.7 Å². The van der Waals surface area contributed by atoms with E-state index in [1.807, 2.05) is 26.8 Å². The van der Waals surface area contributed by atoms with Crippen molar-refractivity contribution in [1.29, 1.82) is 0 Å². The third-order valence-electron chi connectivity index (χ3n) is 3.58. The van der Waals surface area contributed by atoms with E-state index in [0.29, 0.717) is 17.9 Å². The normalized spacial score (nSPS) is 13.2. The zero-order valence-electron chi connectivity index (χ0n) is 15.5. The van der Waals surface area contributed by atoms with Crippen LogP contribution >= 0.6 is 0 Å². The first kappa shape index (κ1) is 21.2. The van der Waals surface area contributed by atoms with Crippen LogP contribution in [0.2, 0.25) is 0 Å². The van der Waals surface area contributed by atoms with Crippen molar-refractivity contribution >= 4 is 28.5 Å². The molecule has 0 radical (unpaired) electrons. The van der Waals surface area contributed by atoms with Gasteiger partial charge < -0.3 is 15.7 Å². The molecule has 140 valence electrons. The highest BCUT2D eigenvalue weighted by atomic mass is 32.2. The molecule has 0 aliphatic heterocycles. The van der Waals surface area contributed by atoms with Gasteiger partial charge in [0.2, 0.25) is 0 Å². The van der Waals surface area contributed by atoms with E-state index in [0.717, 1.165) is 5.56 Å². The number of carbonyl (C=O) groups excluding carboxylic acids is 1. The third-order valence-corrected chi connectivity index (χ3v) is 5.54. The fraction of sp³-hybridized carbons (Fsp3) is 0.556. The average molecular weight is 368 g/mol. The molecule has 0 saturated carbocycles. The molecule has 0 bridgehead atoms. The molecule has 1 atom stereocenters. The van der Waals surface area contributed by atoms with Gasteiger partial charge in [-0.15, -0.1) is 0 Å². The number of hydrogen-bond donors (Lipinski definition) is 3. The molecule has 0 aliphatic carbocycles. The van der Waals surface area contributed by atoms with Gasteiger partial charge in [0, 0.05) is 38.9 Å². The Morgan fingerprint density at radius 3 is 2.36 bits per heavy atom. The Morgan fingerprint density at radius 2 is 1.80 bits per heavy atom. The van der Waals surface area contributed by atoms with E-state index in [1.165, 1.54) is 0 Å². The van der Waals surface area contributed by atoms with Crippen molar-refractivity contribution in [2.75, 3.05) is 5.32 Å². The number of carboxylic acids is 1. The summed E-state index contributed by atoms with van der Waals surface area (Å²) >= 11 is 0. The molecule has 0 spiro atoms. The molecular formula is C18H28N2O4S. The van der Waals surface area contributed by atoms with Gasteiger partial charge in [-0.25, -0.2) is 4.79 Å². The van der Waals surface area contributed by atoms with Crippen molar-refractivity contribution in [3.05, 3.63) is 29.8 Å². The van der Waals surface area contributed by atoms with E-state index in [9.17, 15) is 13.8 Å². The lowest BCUT2D eigenvalue weighted by Crippen LogP contribution is -2.45. The molecule has 1 rings (SSSR count). The molecule has 7 heteroatoms. The summed E-state index contributed by atoms with van der Waals surface area (Å²) in [7, 11) is -1.02.